The van der Waals surface area contributed by atoms with Gasteiger partial charge in [0, 0.05) is 25.8 Å². The Labute approximate surface area is 171 Å². The van der Waals surface area contributed by atoms with Gasteiger partial charge in [-0.25, -0.2) is 13.4 Å². The van der Waals surface area contributed by atoms with Crippen molar-refractivity contribution in [1.29, 1.82) is 0 Å². The van der Waals surface area contributed by atoms with E-state index in [4.69, 9.17) is 9.15 Å². The lowest BCUT2D eigenvalue weighted by Crippen LogP contribution is -2.40. The summed E-state index contributed by atoms with van der Waals surface area (Å²) in [4.78, 5) is 6.99. The molecule has 2 fully saturated rings. The Morgan fingerprint density at radius 1 is 1.07 bits per heavy atom. The van der Waals surface area contributed by atoms with Crippen molar-refractivity contribution in [3.8, 4) is 0 Å². The van der Waals surface area contributed by atoms with E-state index in [2.05, 4.69) is 15.2 Å². The molecule has 0 spiro atoms. The molecule has 0 aliphatic carbocycles. The van der Waals surface area contributed by atoms with Crippen LogP contribution in [-0.2, 0) is 14.8 Å². The van der Waals surface area contributed by atoms with Crippen LogP contribution in [0.25, 0.3) is 0 Å². The van der Waals surface area contributed by atoms with Crippen molar-refractivity contribution in [1.82, 2.24) is 14.2 Å². The molecular formula is C20H28N4O4S. The van der Waals surface area contributed by atoms with Crippen LogP contribution in [0.15, 0.2) is 46.0 Å². The number of piperidine rings is 1. The summed E-state index contributed by atoms with van der Waals surface area (Å²) >= 11 is 0. The third kappa shape index (κ3) is 4.80. The van der Waals surface area contributed by atoms with Crippen molar-refractivity contribution in [3.63, 3.8) is 0 Å². The zero-order chi connectivity index (χ0) is 20.1. The van der Waals surface area contributed by atoms with Crippen LogP contribution in [0, 0.1) is 0 Å². The maximum Gasteiger partial charge on any atom is 0.244 e. The first-order valence-electron chi connectivity index (χ1n) is 10.2. The normalized spacial score (nSPS) is 20.4. The molecule has 1 N–H and O–H groups in total. The van der Waals surface area contributed by atoms with E-state index in [1.54, 1.807) is 18.4 Å². The molecule has 2 aromatic rings. The Hall–Kier alpha value is -1.94. The highest BCUT2D eigenvalue weighted by molar-refractivity contribution is 7.89. The molecular weight excluding hydrogens is 392 g/mol. The van der Waals surface area contributed by atoms with E-state index in [-0.39, 0.29) is 10.9 Å². The van der Waals surface area contributed by atoms with Crippen LogP contribution in [0.3, 0.4) is 0 Å². The van der Waals surface area contributed by atoms with Gasteiger partial charge in [0.1, 0.15) is 16.5 Å². The Morgan fingerprint density at radius 2 is 1.86 bits per heavy atom. The maximum atomic E-state index is 12.7. The Balaban J connectivity index is 1.42. The fraction of sp³-hybridized carbons (Fsp3) is 0.550. The SMILES string of the molecule is O=S(=O)(c1ccc(NC[C@H](c2ccco2)N2CCCCC2)nc1)N1CCOCC1. The molecule has 2 aliphatic heterocycles. The van der Waals surface area contributed by atoms with Gasteiger partial charge in [0.2, 0.25) is 10.0 Å². The summed E-state index contributed by atoms with van der Waals surface area (Å²) in [5, 5.41) is 3.35. The maximum absolute atomic E-state index is 12.7. The highest BCUT2D eigenvalue weighted by Crippen LogP contribution is 2.26. The highest BCUT2D eigenvalue weighted by Gasteiger charge is 2.27. The van der Waals surface area contributed by atoms with Crippen molar-refractivity contribution in [3.05, 3.63) is 42.5 Å². The number of ether oxygens (including phenoxy) is 1. The molecule has 0 bridgehead atoms. The van der Waals surface area contributed by atoms with Gasteiger partial charge >= 0.3 is 0 Å². The number of hydrogen-bond donors (Lipinski definition) is 1. The number of sulfonamides is 1. The average molecular weight is 421 g/mol. The Kier molecular flexibility index (Phi) is 6.49. The fourth-order valence-electron chi connectivity index (χ4n) is 3.90. The number of nitrogens with zero attached hydrogens (tertiary/aromatic N) is 3. The van der Waals surface area contributed by atoms with Gasteiger partial charge in [-0.05, 0) is 50.2 Å². The van der Waals surface area contributed by atoms with E-state index in [1.807, 2.05) is 12.1 Å². The molecule has 2 aromatic heterocycles. The second kappa shape index (κ2) is 9.25. The minimum atomic E-state index is -3.52. The molecule has 9 heteroatoms. The summed E-state index contributed by atoms with van der Waals surface area (Å²) in [7, 11) is -3.52. The molecule has 2 saturated heterocycles. The molecule has 0 radical (unpaired) electrons. The molecule has 4 rings (SSSR count). The van der Waals surface area contributed by atoms with Gasteiger partial charge in [-0.3, -0.25) is 4.90 Å². The predicted molar refractivity (Wildman–Crippen MR) is 109 cm³/mol. The van der Waals surface area contributed by atoms with Crippen molar-refractivity contribution in [2.45, 2.75) is 30.2 Å². The van der Waals surface area contributed by atoms with Gasteiger partial charge in [0.05, 0.1) is 25.5 Å². The van der Waals surface area contributed by atoms with E-state index in [0.29, 0.717) is 38.7 Å². The van der Waals surface area contributed by atoms with E-state index < -0.39 is 10.0 Å². The van der Waals surface area contributed by atoms with E-state index >= 15 is 0 Å². The van der Waals surface area contributed by atoms with Gasteiger partial charge in [0.15, 0.2) is 0 Å². The average Bonchev–Trinajstić information content (AvgIpc) is 3.30. The van der Waals surface area contributed by atoms with Crippen molar-refractivity contribution >= 4 is 15.8 Å². The second-order valence-electron chi connectivity index (χ2n) is 7.40. The second-order valence-corrected chi connectivity index (χ2v) is 9.34. The van der Waals surface area contributed by atoms with Crippen molar-refractivity contribution in [2.24, 2.45) is 0 Å². The van der Waals surface area contributed by atoms with Gasteiger partial charge in [-0.1, -0.05) is 6.42 Å². The topological polar surface area (TPSA) is 87.9 Å². The first-order chi connectivity index (χ1) is 14.1. The molecule has 0 aromatic carbocycles. The number of morpholine rings is 1. The van der Waals surface area contributed by atoms with Crippen LogP contribution in [0.5, 0.6) is 0 Å². The lowest BCUT2D eigenvalue weighted by atomic mass is 10.1. The number of anilines is 1. The largest absolute Gasteiger partial charge is 0.468 e. The van der Waals surface area contributed by atoms with E-state index in [1.165, 1.54) is 29.8 Å². The zero-order valence-electron chi connectivity index (χ0n) is 16.5. The molecule has 158 valence electrons. The third-order valence-corrected chi connectivity index (χ3v) is 7.41. The third-order valence-electron chi connectivity index (χ3n) is 5.52. The van der Waals surface area contributed by atoms with Crippen LogP contribution in [0.4, 0.5) is 5.82 Å². The number of aromatic nitrogens is 1. The molecule has 0 unspecified atom stereocenters. The zero-order valence-corrected chi connectivity index (χ0v) is 17.3. The number of rotatable bonds is 7. The van der Waals surface area contributed by atoms with Crippen molar-refractivity contribution < 1.29 is 17.6 Å². The van der Waals surface area contributed by atoms with E-state index in [0.717, 1.165) is 18.8 Å². The monoisotopic (exact) mass is 420 g/mol. The molecule has 1 atom stereocenters. The lowest BCUT2D eigenvalue weighted by molar-refractivity contribution is 0.0730. The quantitative estimate of drug-likeness (QED) is 0.735. The van der Waals surface area contributed by atoms with Gasteiger partial charge in [-0.15, -0.1) is 0 Å². The Bertz CT molecular complexity index is 858. The molecule has 29 heavy (non-hydrogen) atoms. The first-order valence-corrected chi connectivity index (χ1v) is 11.6. The predicted octanol–water partition coefficient (Wildman–Crippen LogP) is 2.33. The number of likely N-dealkylation sites (tertiary alicyclic amines) is 1. The number of nitrogens with one attached hydrogen (secondary N) is 1. The standard InChI is InChI=1S/C20H28N4O4S/c25-29(26,24-10-13-27-14-11-24)17-6-7-20(21-15-17)22-16-18(19-5-4-12-28-19)23-8-2-1-3-9-23/h4-7,12,15,18H,1-3,8-11,13-14,16H2,(H,21,22)/t18-/m1/s1. The Morgan fingerprint density at radius 3 is 2.52 bits per heavy atom. The molecule has 2 aliphatic rings. The molecule has 4 heterocycles. The van der Waals surface area contributed by atoms with Crippen LogP contribution in [0.2, 0.25) is 0 Å². The first kappa shape index (κ1) is 20.3. The summed E-state index contributed by atoms with van der Waals surface area (Å²) < 4.78 is 37.8. The number of pyridine rings is 1. The summed E-state index contributed by atoms with van der Waals surface area (Å²) in [5.74, 6) is 1.59. The number of hydrogen-bond acceptors (Lipinski definition) is 7. The van der Waals surface area contributed by atoms with E-state index in [9.17, 15) is 8.42 Å². The van der Waals surface area contributed by atoms with Crippen LogP contribution < -0.4 is 5.32 Å². The lowest BCUT2D eigenvalue weighted by Gasteiger charge is -2.33. The number of furan rings is 1. The summed E-state index contributed by atoms with van der Waals surface area (Å²) in [6.45, 7) is 4.37. The molecule has 0 amide bonds. The summed E-state index contributed by atoms with van der Waals surface area (Å²) in [6.07, 6.45) is 6.80. The van der Waals surface area contributed by atoms with Crippen LogP contribution in [-0.4, -0.2) is 68.5 Å². The molecule has 8 nitrogen and oxygen atoms in total. The van der Waals surface area contributed by atoms with Crippen molar-refractivity contribution in [2.75, 3.05) is 51.3 Å². The summed E-state index contributed by atoms with van der Waals surface area (Å²) in [5.41, 5.74) is 0. The van der Waals surface area contributed by atoms with Gasteiger partial charge in [0.25, 0.3) is 0 Å². The highest BCUT2D eigenvalue weighted by atomic mass is 32.2. The minimum absolute atomic E-state index is 0.129. The smallest absolute Gasteiger partial charge is 0.244 e. The van der Waals surface area contributed by atoms with Crippen LogP contribution >= 0.6 is 0 Å². The fourth-order valence-corrected chi connectivity index (χ4v) is 5.25. The molecule has 0 saturated carbocycles. The van der Waals surface area contributed by atoms with Crippen LogP contribution in [0.1, 0.15) is 31.1 Å². The minimum Gasteiger partial charge on any atom is -0.468 e. The van der Waals surface area contributed by atoms with Gasteiger partial charge < -0.3 is 14.5 Å². The van der Waals surface area contributed by atoms with Gasteiger partial charge in [-0.2, -0.15) is 4.31 Å². The summed E-state index contributed by atoms with van der Waals surface area (Å²) in [6, 6.07) is 7.39.